The van der Waals surface area contributed by atoms with E-state index < -0.39 is 0 Å². The summed E-state index contributed by atoms with van der Waals surface area (Å²) >= 11 is 0. The standard InChI is InChI=1S/C20H32N2O2/c1-3-5-9-20(23)21-16-19(22-14-7-6-8-15-22)17-10-12-18(13-11-17)24-4-2/h10-13,19H,3-9,14-16H2,1-2H3,(H,21,23). The van der Waals surface area contributed by atoms with Crippen LogP contribution in [0, 0.1) is 0 Å². The van der Waals surface area contributed by atoms with Gasteiger partial charge in [-0.05, 0) is 57.0 Å². The number of unbranched alkanes of at least 4 members (excludes halogenated alkanes) is 1. The van der Waals surface area contributed by atoms with Crippen LogP contribution in [0.15, 0.2) is 24.3 Å². The molecule has 24 heavy (non-hydrogen) atoms. The van der Waals surface area contributed by atoms with Gasteiger partial charge in [0.2, 0.25) is 5.91 Å². The fourth-order valence-electron chi connectivity index (χ4n) is 3.28. The van der Waals surface area contributed by atoms with E-state index >= 15 is 0 Å². The Bertz CT molecular complexity index is 481. The van der Waals surface area contributed by atoms with Crippen LogP contribution in [0.25, 0.3) is 0 Å². The molecule has 0 aromatic heterocycles. The van der Waals surface area contributed by atoms with Crippen molar-refractivity contribution in [3.63, 3.8) is 0 Å². The molecule has 1 fully saturated rings. The van der Waals surface area contributed by atoms with Crippen molar-refractivity contribution < 1.29 is 9.53 Å². The number of carbonyl (C=O) groups is 1. The van der Waals surface area contributed by atoms with Gasteiger partial charge in [0.05, 0.1) is 12.6 Å². The SMILES string of the molecule is CCCCC(=O)NCC(c1ccc(OCC)cc1)N1CCCCC1. The normalized spacial score (nSPS) is 16.6. The van der Waals surface area contributed by atoms with Gasteiger partial charge >= 0.3 is 0 Å². The third kappa shape index (κ3) is 5.82. The van der Waals surface area contributed by atoms with Crippen LogP contribution in [0.1, 0.15) is 64.0 Å². The third-order valence-electron chi connectivity index (χ3n) is 4.66. The number of benzene rings is 1. The molecule has 1 aliphatic rings. The lowest BCUT2D eigenvalue weighted by Crippen LogP contribution is -2.40. The average Bonchev–Trinajstić information content (AvgIpc) is 2.62. The minimum atomic E-state index is 0.171. The summed E-state index contributed by atoms with van der Waals surface area (Å²) in [6, 6.07) is 8.61. The molecule has 1 heterocycles. The van der Waals surface area contributed by atoms with E-state index in [9.17, 15) is 4.79 Å². The van der Waals surface area contributed by atoms with Crippen LogP contribution < -0.4 is 10.1 Å². The van der Waals surface area contributed by atoms with Crippen LogP contribution in [0.2, 0.25) is 0 Å². The van der Waals surface area contributed by atoms with Crippen molar-refractivity contribution in [2.45, 2.75) is 58.4 Å². The summed E-state index contributed by atoms with van der Waals surface area (Å²) in [4.78, 5) is 14.5. The molecule has 1 saturated heterocycles. The van der Waals surface area contributed by atoms with Crippen LogP contribution in [0.3, 0.4) is 0 Å². The molecule has 2 rings (SSSR count). The summed E-state index contributed by atoms with van der Waals surface area (Å²) in [7, 11) is 0. The second kappa shape index (κ2) is 10.3. The summed E-state index contributed by atoms with van der Waals surface area (Å²) in [5.74, 6) is 1.08. The molecule has 1 aromatic rings. The summed E-state index contributed by atoms with van der Waals surface area (Å²) in [6.45, 7) is 7.71. The first-order valence-corrected chi connectivity index (χ1v) is 9.48. The Morgan fingerprint density at radius 3 is 2.50 bits per heavy atom. The van der Waals surface area contributed by atoms with Crippen molar-refractivity contribution >= 4 is 5.91 Å². The molecule has 4 heteroatoms. The minimum absolute atomic E-state index is 0.171. The Labute approximate surface area is 146 Å². The first-order valence-electron chi connectivity index (χ1n) is 9.48. The third-order valence-corrected chi connectivity index (χ3v) is 4.66. The highest BCUT2D eigenvalue weighted by Gasteiger charge is 2.22. The van der Waals surface area contributed by atoms with Gasteiger partial charge in [-0.15, -0.1) is 0 Å². The Morgan fingerprint density at radius 1 is 1.17 bits per heavy atom. The highest BCUT2D eigenvalue weighted by Crippen LogP contribution is 2.26. The van der Waals surface area contributed by atoms with Gasteiger partial charge in [-0.1, -0.05) is 31.9 Å². The molecular weight excluding hydrogens is 300 g/mol. The smallest absolute Gasteiger partial charge is 0.220 e. The minimum Gasteiger partial charge on any atom is -0.494 e. The number of nitrogens with zero attached hydrogens (tertiary/aromatic N) is 1. The van der Waals surface area contributed by atoms with Crippen LogP contribution >= 0.6 is 0 Å². The number of amides is 1. The van der Waals surface area contributed by atoms with E-state index in [2.05, 4.69) is 29.3 Å². The zero-order valence-corrected chi connectivity index (χ0v) is 15.2. The molecule has 1 atom stereocenters. The number of ether oxygens (including phenoxy) is 1. The predicted octanol–water partition coefficient (Wildman–Crippen LogP) is 3.92. The van der Waals surface area contributed by atoms with Gasteiger partial charge in [0.1, 0.15) is 5.75 Å². The summed E-state index contributed by atoms with van der Waals surface area (Å²) in [6.07, 6.45) is 6.46. The number of carbonyl (C=O) groups excluding carboxylic acids is 1. The predicted molar refractivity (Wildman–Crippen MR) is 98.3 cm³/mol. The Kier molecular flexibility index (Phi) is 8.10. The highest BCUT2D eigenvalue weighted by atomic mass is 16.5. The topological polar surface area (TPSA) is 41.6 Å². The maximum atomic E-state index is 12.0. The monoisotopic (exact) mass is 332 g/mol. The molecule has 0 spiro atoms. The molecule has 0 radical (unpaired) electrons. The Hall–Kier alpha value is -1.55. The van der Waals surface area contributed by atoms with E-state index in [1.54, 1.807) is 0 Å². The van der Waals surface area contributed by atoms with Crippen LogP contribution in [0.5, 0.6) is 5.75 Å². The summed E-state index contributed by atoms with van der Waals surface area (Å²) in [5, 5.41) is 3.14. The molecular formula is C20H32N2O2. The van der Waals surface area contributed by atoms with Gasteiger partial charge in [0.25, 0.3) is 0 Å². The molecule has 134 valence electrons. The number of hydrogen-bond acceptors (Lipinski definition) is 3. The van der Waals surface area contributed by atoms with Gasteiger partial charge in [0, 0.05) is 13.0 Å². The van der Waals surface area contributed by atoms with Crippen LogP contribution in [-0.2, 0) is 4.79 Å². The van der Waals surface area contributed by atoms with Crippen LogP contribution in [0.4, 0.5) is 0 Å². The molecule has 0 aliphatic carbocycles. The molecule has 1 amide bonds. The molecule has 0 bridgehead atoms. The number of rotatable bonds is 9. The van der Waals surface area contributed by atoms with Crippen molar-refractivity contribution in [3.8, 4) is 5.75 Å². The number of piperidine rings is 1. The quantitative estimate of drug-likeness (QED) is 0.745. The molecule has 0 saturated carbocycles. The van der Waals surface area contributed by atoms with E-state index in [-0.39, 0.29) is 11.9 Å². The summed E-state index contributed by atoms with van der Waals surface area (Å²) < 4.78 is 5.55. The van der Waals surface area contributed by atoms with E-state index in [1.165, 1.54) is 24.8 Å². The second-order valence-corrected chi connectivity index (χ2v) is 6.52. The maximum Gasteiger partial charge on any atom is 0.220 e. The van der Waals surface area contributed by atoms with Crippen molar-refractivity contribution in [1.82, 2.24) is 10.2 Å². The largest absolute Gasteiger partial charge is 0.494 e. The lowest BCUT2D eigenvalue weighted by Gasteiger charge is -2.35. The van der Waals surface area contributed by atoms with E-state index in [4.69, 9.17) is 4.74 Å². The lowest BCUT2D eigenvalue weighted by molar-refractivity contribution is -0.121. The van der Waals surface area contributed by atoms with E-state index in [0.29, 0.717) is 19.6 Å². The number of nitrogens with one attached hydrogen (secondary N) is 1. The molecule has 1 aliphatic heterocycles. The maximum absolute atomic E-state index is 12.0. The van der Waals surface area contributed by atoms with Crippen LogP contribution in [-0.4, -0.2) is 37.0 Å². The number of likely N-dealkylation sites (tertiary alicyclic amines) is 1. The lowest BCUT2D eigenvalue weighted by atomic mass is 10.0. The Balaban J connectivity index is 2.02. The highest BCUT2D eigenvalue weighted by molar-refractivity contribution is 5.75. The van der Waals surface area contributed by atoms with E-state index in [1.807, 2.05) is 19.1 Å². The van der Waals surface area contributed by atoms with Crippen molar-refractivity contribution in [2.75, 3.05) is 26.2 Å². The van der Waals surface area contributed by atoms with Gasteiger partial charge in [-0.2, -0.15) is 0 Å². The van der Waals surface area contributed by atoms with E-state index in [0.717, 1.165) is 31.7 Å². The van der Waals surface area contributed by atoms with Gasteiger partial charge in [-0.25, -0.2) is 0 Å². The second-order valence-electron chi connectivity index (χ2n) is 6.52. The fourth-order valence-corrected chi connectivity index (χ4v) is 3.28. The molecule has 4 nitrogen and oxygen atoms in total. The number of hydrogen-bond donors (Lipinski definition) is 1. The van der Waals surface area contributed by atoms with Crippen molar-refractivity contribution in [1.29, 1.82) is 0 Å². The fraction of sp³-hybridized carbons (Fsp3) is 0.650. The zero-order chi connectivity index (χ0) is 17.2. The summed E-state index contributed by atoms with van der Waals surface area (Å²) in [5.41, 5.74) is 1.26. The molecule has 1 unspecified atom stereocenters. The zero-order valence-electron chi connectivity index (χ0n) is 15.2. The Morgan fingerprint density at radius 2 is 1.88 bits per heavy atom. The average molecular weight is 332 g/mol. The molecule has 1 aromatic carbocycles. The van der Waals surface area contributed by atoms with Gasteiger partial charge < -0.3 is 10.1 Å². The first-order chi connectivity index (χ1) is 11.7. The van der Waals surface area contributed by atoms with Crippen molar-refractivity contribution in [2.24, 2.45) is 0 Å². The molecule has 1 N–H and O–H groups in total. The van der Waals surface area contributed by atoms with Gasteiger partial charge in [-0.3, -0.25) is 9.69 Å². The van der Waals surface area contributed by atoms with Gasteiger partial charge in [0.15, 0.2) is 0 Å². The first kappa shape index (κ1) is 18.8. The van der Waals surface area contributed by atoms with Crippen molar-refractivity contribution in [3.05, 3.63) is 29.8 Å².